The molecular weight excluding hydrogens is 398 g/mol. The van der Waals surface area contributed by atoms with E-state index in [1.165, 1.54) is 0 Å². The molecule has 1 aromatic rings. The summed E-state index contributed by atoms with van der Waals surface area (Å²) in [6, 6.07) is 8.05. The Kier molecular flexibility index (Phi) is 10.2. The van der Waals surface area contributed by atoms with Crippen LogP contribution in [0.5, 0.6) is 0 Å². The molecule has 128 valence electrons. The Morgan fingerprint density at radius 3 is 2.61 bits per heavy atom. The van der Waals surface area contributed by atoms with E-state index in [0.717, 1.165) is 35.7 Å². The summed E-state index contributed by atoms with van der Waals surface area (Å²) < 4.78 is 1.05. The molecule has 0 bridgehead atoms. The first-order valence-electron chi connectivity index (χ1n) is 7.72. The van der Waals surface area contributed by atoms with Gasteiger partial charge >= 0.3 is 0 Å². The van der Waals surface area contributed by atoms with Gasteiger partial charge in [-0.3, -0.25) is 15.6 Å². The van der Waals surface area contributed by atoms with Crippen LogP contribution in [0.25, 0.3) is 0 Å². The zero-order chi connectivity index (χ0) is 17.1. The predicted molar refractivity (Wildman–Crippen MR) is 104 cm³/mol. The number of carbonyl (C=O) groups is 1. The Hall–Kier alpha value is -0.850. The molecule has 0 radical (unpaired) electrons. The van der Waals surface area contributed by atoms with E-state index in [-0.39, 0.29) is 11.3 Å². The second kappa shape index (κ2) is 11.6. The zero-order valence-electron chi connectivity index (χ0n) is 13.2. The summed E-state index contributed by atoms with van der Waals surface area (Å²) in [5, 5.41) is 3.28. The van der Waals surface area contributed by atoms with Crippen LogP contribution in [0.2, 0.25) is 0 Å². The first kappa shape index (κ1) is 20.2. The van der Waals surface area contributed by atoms with Gasteiger partial charge in [0.1, 0.15) is 0 Å². The molecule has 0 aliphatic heterocycles. The quantitative estimate of drug-likeness (QED) is 0.260. The minimum atomic E-state index is -0.0869. The van der Waals surface area contributed by atoms with Crippen molar-refractivity contribution in [3.8, 4) is 0 Å². The number of carbonyl (C=O) groups excluding carboxylic acids is 1. The van der Waals surface area contributed by atoms with Crippen molar-refractivity contribution < 1.29 is 4.79 Å². The van der Waals surface area contributed by atoms with Gasteiger partial charge in [-0.05, 0) is 42.8 Å². The summed E-state index contributed by atoms with van der Waals surface area (Å²) in [7, 11) is 0. The zero-order valence-corrected chi connectivity index (χ0v) is 16.4. The lowest BCUT2D eigenvalue weighted by Gasteiger charge is -2.14. The molecule has 0 aromatic heterocycles. The molecule has 0 aliphatic carbocycles. The lowest BCUT2D eigenvalue weighted by atomic mass is 10.1. The fourth-order valence-corrected chi connectivity index (χ4v) is 2.57. The van der Waals surface area contributed by atoms with E-state index in [1.807, 2.05) is 24.3 Å². The maximum atomic E-state index is 11.5. The third-order valence-electron chi connectivity index (χ3n) is 3.18. The number of hydrogen-bond donors (Lipinski definition) is 3. The lowest BCUT2D eigenvalue weighted by Crippen LogP contribution is -2.48. The van der Waals surface area contributed by atoms with Crippen molar-refractivity contribution in [3.63, 3.8) is 0 Å². The molecule has 0 spiro atoms. The van der Waals surface area contributed by atoms with Crippen LogP contribution in [-0.4, -0.2) is 22.9 Å². The van der Waals surface area contributed by atoms with Crippen LogP contribution in [-0.2, 0) is 11.2 Å². The normalized spacial score (nSPS) is 11.6. The molecule has 0 fully saturated rings. The second-order valence-corrected chi connectivity index (χ2v) is 7.21. The Labute approximate surface area is 156 Å². The van der Waals surface area contributed by atoms with Crippen LogP contribution in [0, 0.1) is 0 Å². The number of nitrogens with one attached hydrogen (secondary N) is 3. The Morgan fingerprint density at radius 1 is 1.26 bits per heavy atom. The molecule has 0 aliphatic rings. The van der Waals surface area contributed by atoms with E-state index < -0.39 is 0 Å². The number of hydrogen-bond acceptors (Lipinski definition) is 2. The molecule has 0 saturated heterocycles. The average Bonchev–Trinajstić information content (AvgIpc) is 2.53. The molecule has 0 heterocycles. The van der Waals surface area contributed by atoms with Crippen LogP contribution >= 0.6 is 39.7 Å². The first-order chi connectivity index (χ1) is 11.0. The van der Waals surface area contributed by atoms with E-state index in [0.29, 0.717) is 18.1 Å². The van der Waals surface area contributed by atoms with Crippen LogP contribution in [0.15, 0.2) is 28.7 Å². The highest BCUT2D eigenvalue weighted by atomic mass is 79.9. The molecule has 0 unspecified atom stereocenters. The highest BCUT2D eigenvalue weighted by Crippen LogP contribution is 2.13. The van der Waals surface area contributed by atoms with Gasteiger partial charge in [0.05, 0.1) is 5.38 Å². The van der Waals surface area contributed by atoms with E-state index in [9.17, 15) is 4.79 Å². The number of amides is 1. The first-order valence-corrected chi connectivity index (χ1v) is 9.36. The van der Waals surface area contributed by atoms with Gasteiger partial charge in [-0.1, -0.05) is 47.8 Å². The summed E-state index contributed by atoms with van der Waals surface area (Å²) >= 11 is 14.8. The third-order valence-corrected chi connectivity index (χ3v) is 4.26. The van der Waals surface area contributed by atoms with Crippen molar-refractivity contribution in [2.24, 2.45) is 0 Å². The van der Waals surface area contributed by atoms with Crippen LogP contribution in [0.1, 0.15) is 38.2 Å². The van der Waals surface area contributed by atoms with Gasteiger partial charge in [0, 0.05) is 17.4 Å². The monoisotopic (exact) mass is 419 g/mol. The topological polar surface area (TPSA) is 53.2 Å². The second-order valence-electron chi connectivity index (χ2n) is 5.27. The van der Waals surface area contributed by atoms with Crippen LogP contribution in [0.3, 0.4) is 0 Å². The van der Waals surface area contributed by atoms with Gasteiger partial charge in [-0.2, -0.15) is 0 Å². The minimum absolute atomic E-state index is 0.0557. The van der Waals surface area contributed by atoms with Crippen LogP contribution in [0.4, 0.5) is 0 Å². The summed E-state index contributed by atoms with van der Waals surface area (Å²) in [5.41, 5.74) is 6.44. The van der Waals surface area contributed by atoms with Crippen molar-refractivity contribution in [3.05, 3.63) is 34.3 Å². The van der Waals surface area contributed by atoms with E-state index >= 15 is 0 Å². The van der Waals surface area contributed by atoms with Crippen molar-refractivity contribution >= 4 is 50.8 Å². The largest absolute Gasteiger partial charge is 0.360 e. The molecular formula is C16H23BrClN3OS. The van der Waals surface area contributed by atoms with Crippen molar-refractivity contribution in [1.82, 2.24) is 16.2 Å². The van der Waals surface area contributed by atoms with Crippen molar-refractivity contribution in [2.45, 2.75) is 44.4 Å². The third kappa shape index (κ3) is 9.79. The Bertz CT molecular complexity index is 499. The molecule has 4 nitrogen and oxygen atoms in total. The molecule has 1 atom stereocenters. The highest BCUT2D eigenvalue weighted by Gasteiger charge is 2.07. The van der Waals surface area contributed by atoms with Gasteiger partial charge in [0.2, 0.25) is 5.91 Å². The number of rotatable bonds is 8. The van der Waals surface area contributed by atoms with E-state index in [1.54, 1.807) is 0 Å². The van der Waals surface area contributed by atoms with Crippen molar-refractivity contribution in [2.75, 3.05) is 6.54 Å². The van der Waals surface area contributed by atoms with Gasteiger partial charge in [-0.15, -0.1) is 11.6 Å². The van der Waals surface area contributed by atoms with Gasteiger partial charge in [0.25, 0.3) is 0 Å². The number of hydrazine groups is 1. The standard InChI is InChI=1S/C16H23BrClN3OS/c1-2-3-4-5-15(22)20-21-16(23)19-11-14(18)10-12-6-8-13(17)9-7-12/h6-9,14H,2-5,10-11H2,1H3,(H,20,22)(H2,19,21,23)/t14-/m1/s1. The Morgan fingerprint density at radius 2 is 1.96 bits per heavy atom. The van der Waals surface area contributed by atoms with Gasteiger partial charge < -0.3 is 5.32 Å². The van der Waals surface area contributed by atoms with Crippen LogP contribution < -0.4 is 16.2 Å². The fourth-order valence-electron chi connectivity index (χ4n) is 1.92. The summed E-state index contributed by atoms with van der Waals surface area (Å²) in [5.74, 6) is -0.0557. The molecule has 7 heteroatoms. The van der Waals surface area contributed by atoms with Crippen molar-refractivity contribution in [1.29, 1.82) is 0 Å². The predicted octanol–water partition coefficient (Wildman–Crippen LogP) is 3.67. The number of halogens is 2. The van der Waals surface area contributed by atoms with Gasteiger partial charge in [-0.25, -0.2) is 0 Å². The maximum Gasteiger partial charge on any atom is 0.238 e. The maximum absolute atomic E-state index is 11.5. The summed E-state index contributed by atoms with van der Waals surface area (Å²) in [6.45, 7) is 2.63. The summed E-state index contributed by atoms with van der Waals surface area (Å²) in [4.78, 5) is 11.5. The average molecular weight is 421 g/mol. The molecule has 23 heavy (non-hydrogen) atoms. The fraction of sp³-hybridized carbons (Fsp3) is 0.500. The molecule has 1 amide bonds. The lowest BCUT2D eigenvalue weighted by molar-refractivity contribution is -0.121. The van der Waals surface area contributed by atoms with Gasteiger partial charge in [0.15, 0.2) is 5.11 Å². The molecule has 1 rings (SSSR count). The van der Waals surface area contributed by atoms with E-state index in [4.69, 9.17) is 23.8 Å². The SMILES string of the molecule is CCCCCC(=O)NNC(=S)NC[C@H](Cl)Cc1ccc(Br)cc1. The number of thiocarbonyl (C=S) groups is 1. The molecule has 1 aromatic carbocycles. The smallest absolute Gasteiger partial charge is 0.238 e. The number of benzene rings is 1. The molecule has 0 saturated carbocycles. The highest BCUT2D eigenvalue weighted by molar-refractivity contribution is 9.10. The molecule has 3 N–H and O–H groups in total. The summed E-state index contributed by atoms with van der Waals surface area (Å²) in [6.07, 6.45) is 4.29. The minimum Gasteiger partial charge on any atom is -0.360 e. The number of unbranched alkanes of at least 4 members (excludes halogenated alkanes) is 2. The Balaban J connectivity index is 2.17. The van der Waals surface area contributed by atoms with E-state index in [2.05, 4.69) is 39.0 Å². The number of alkyl halides is 1.